The molecule has 4 fully saturated rings. The molecule has 1 aromatic rings. The Morgan fingerprint density at radius 3 is 2.19 bits per heavy atom. The monoisotopic (exact) mass is 507 g/mol. The van der Waals surface area contributed by atoms with Gasteiger partial charge < -0.3 is 20.7 Å². The number of carbonyl (C=O) groups is 2. The topological polar surface area (TPSA) is 84.7 Å². The van der Waals surface area contributed by atoms with E-state index < -0.39 is 17.8 Å². The van der Waals surface area contributed by atoms with Crippen molar-refractivity contribution in [3.8, 4) is 5.75 Å². The minimum absolute atomic E-state index is 0.0121. The number of rotatable bonds is 7. The second kappa shape index (κ2) is 9.88. The van der Waals surface area contributed by atoms with E-state index in [2.05, 4.69) is 10.1 Å². The van der Waals surface area contributed by atoms with Gasteiger partial charge in [-0.3, -0.25) is 9.59 Å². The second-order valence-electron chi connectivity index (χ2n) is 11.3. The van der Waals surface area contributed by atoms with E-state index >= 15 is 0 Å². The number of alkyl halides is 3. The molecule has 4 aliphatic rings. The first-order valence-electron chi connectivity index (χ1n) is 13.4. The minimum Gasteiger partial charge on any atom is -0.406 e. The van der Waals surface area contributed by atoms with E-state index in [-0.39, 0.29) is 35.7 Å². The Morgan fingerprint density at radius 1 is 1.03 bits per heavy atom. The molecule has 2 saturated carbocycles. The van der Waals surface area contributed by atoms with Gasteiger partial charge in [0.2, 0.25) is 11.8 Å². The van der Waals surface area contributed by atoms with Crippen molar-refractivity contribution in [1.29, 1.82) is 0 Å². The summed E-state index contributed by atoms with van der Waals surface area (Å²) < 4.78 is 41.6. The van der Waals surface area contributed by atoms with Gasteiger partial charge in [-0.05, 0) is 68.6 Å². The molecule has 2 aliphatic heterocycles. The Bertz CT molecular complexity index is 943. The molecule has 0 radical (unpaired) electrons. The molecule has 3 atom stereocenters. The number of hydrogen-bond donors (Lipinski definition) is 2. The summed E-state index contributed by atoms with van der Waals surface area (Å²) in [5, 5.41) is 3.12. The average Bonchev–Trinajstić information content (AvgIpc) is 3.59. The second-order valence-corrected chi connectivity index (χ2v) is 11.3. The average molecular weight is 508 g/mol. The molecule has 2 unspecified atom stereocenters. The lowest BCUT2D eigenvalue weighted by atomic mass is 9.84. The highest BCUT2D eigenvalue weighted by atomic mass is 19.4. The number of fused-ring (bicyclic) bond motifs is 2. The first-order chi connectivity index (χ1) is 17.1. The van der Waals surface area contributed by atoms with Crippen molar-refractivity contribution in [2.75, 3.05) is 0 Å². The third-order valence-electron chi connectivity index (χ3n) is 8.75. The highest BCUT2D eigenvalue weighted by Crippen LogP contribution is 2.49. The standard InChI is InChI=1S/C27H36F3N3O3/c28-27(29,30)36-22-10-6-18(7-11-22)26(12-13-26)25(35)32-23(14-17-4-2-1-3-5-17)24(34)33-20-8-9-21(33)16-19(31)15-20/h6-7,10-11,17,19-21,23H,1-5,8-9,12-16,31H2,(H,32,35)/t19?,20?,21?,23-/m0/s1. The Morgan fingerprint density at radius 2 is 1.64 bits per heavy atom. The highest BCUT2D eigenvalue weighted by molar-refractivity contribution is 5.95. The molecule has 0 spiro atoms. The number of amides is 2. The third-order valence-corrected chi connectivity index (χ3v) is 8.75. The van der Waals surface area contributed by atoms with Crippen LogP contribution in [0.4, 0.5) is 13.2 Å². The van der Waals surface area contributed by atoms with Gasteiger partial charge in [0.15, 0.2) is 0 Å². The number of ether oxygens (including phenoxy) is 1. The van der Waals surface area contributed by atoms with Crippen LogP contribution in [-0.2, 0) is 15.0 Å². The van der Waals surface area contributed by atoms with E-state index in [0.717, 1.165) is 51.4 Å². The van der Waals surface area contributed by atoms with Crippen LogP contribution in [0.3, 0.4) is 0 Å². The summed E-state index contributed by atoms with van der Waals surface area (Å²) in [7, 11) is 0. The molecule has 0 aromatic heterocycles. The maximum absolute atomic E-state index is 13.9. The lowest BCUT2D eigenvalue weighted by Crippen LogP contribution is -2.57. The van der Waals surface area contributed by atoms with Crippen LogP contribution in [0.5, 0.6) is 5.75 Å². The maximum atomic E-state index is 13.9. The number of benzene rings is 1. The van der Waals surface area contributed by atoms with Crippen LogP contribution in [0, 0.1) is 5.92 Å². The van der Waals surface area contributed by atoms with E-state index in [1.54, 1.807) is 0 Å². The molecule has 1 aromatic carbocycles. The zero-order valence-electron chi connectivity index (χ0n) is 20.6. The molecule has 5 rings (SSSR count). The van der Waals surface area contributed by atoms with Gasteiger partial charge >= 0.3 is 6.36 Å². The SMILES string of the molecule is NC1CC2CCC(C1)N2C(=O)[C@H](CC1CCCCC1)NC(=O)C1(c2ccc(OC(F)(F)F)cc2)CC1. The van der Waals surface area contributed by atoms with E-state index in [1.165, 1.54) is 30.7 Å². The molecule has 2 amide bonds. The van der Waals surface area contributed by atoms with E-state index in [9.17, 15) is 22.8 Å². The van der Waals surface area contributed by atoms with Crippen LogP contribution in [0.15, 0.2) is 24.3 Å². The fourth-order valence-electron chi connectivity index (χ4n) is 6.78. The lowest BCUT2D eigenvalue weighted by Gasteiger charge is -2.40. The summed E-state index contributed by atoms with van der Waals surface area (Å²) in [5.74, 6) is -0.0986. The third kappa shape index (κ3) is 5.36. The van der Waals surface area contributed by atoms with Crippen molar-refractivity contribution in [3.63, 3.8) is 0 Å². The van der Waals surface area contributed by atoms with Gasteiger partial charge in [0.25, 0.3) is 0 Å². The molecule has 9 heteroatoms. The molecule has 2 heterocycles. The van der Waals surface area contributed by atoms with Gasteiger partial charge in [-0.25, -0.2) is 0 Å². The predicted octanol–water partition coefficient (Wildman–Crippen LogP) is 4.55. The van der Waals surface area contributed by atoms with Gasteiger partial charge in [-0.2, -0.15) is 0 Å². The van der Waals surface area contributed by atoms with Gasteiger partial charge in [0.1, 0.15) is 11.8 Å². The fraction of sp³-hybridized carbons (Fsp3) is 0.704. The van der Waals surface area contributed by atoms with E-state index in [4.69, 9.17) is 5.73 Å². The van der Waals surface area contributed by atoms with Crippen LogP contribution >= 0.6 is 0 Å². The number of hydrogen-bond acceptors (Lipinski definition) is 4. The van der Waals surface area contributed by atoms with Gasteiger partial charge in [0, 0.05) is 18.1 Å². The molecule has 2 bridgehead atoms. The maximum Gasteiger partial charge on any atom is 0.573 e. The highest BCUT2D eigenvalue weighted by Gasteiger charge is 2.53. The van der Waals surface area contributed by atoms with E-state index in [1.807, 2.05) is 4.90 Å². The summed E-state index contributed by atoms with van der Waals surface area (Å²) in [6.07, 6.45) is 6.29. The Kier molecular flexibility index (Phi) is 6.96. The summed E-state index contributed by atoms with van der Waals surface area (Å²) in [6, 6.07) is 5.38. The molecule has 2 aliphatic carbocycles. The predicted molar refractivity (Wildman–Crippen MR) is 128 cm³/mol. The van der Waals surface area contributed by atoms with Crippen molar-refractivity contribution in [2.24, 2.45) is 11.7 Å². The molecular weight excluding hydrogens is 471 g/mol. The largest absolute Gasteiger partial charge is 0.573 e. The Balaban J connectivity index is 1.32. The van der Waals surface area contributed by atoms with Crippen molar-refractivity contribution in [3.05, 3.63) is 29.8 Å². The zero-order valence-corrected chi connectivity index (χ0v) is 20.6. The molecule has 3 N–H and O–H groups in total. The first kappa shape index (κ1) is 25.4. The van der Waals surface area contributed by atoms with Crippen LogP contribution in [0.25, 0.3) is 0 Å². The number of nitrogens with one attached hydrogen (secondary N) is 1. The minimum atomic E-state index is -4.76. The smallest absolute Gasteiger partial charge is 0.406 e. The Hall–Kier alpha value is -2.29. The number of nitrogens with two attached hydrogens (primary N) is 1. The van der Waals surface area contributed by atoms with Crippen LogP contribution in [0.1, 0.15) is 82.6 Å². The quantitative estimate of drug-likeness (QED) is 0.567. The number of carbonyl (C=O) groups excluding carboxylic acids is 2. The number of halogens is 3. The number of piperidine rings is 1. The Labute approximate surface area is 210 Å². The van der Waals surface area contributed by atoms with Gasteiger partial charge in [-0.1, -0.05) is 44.2 Å². The van der Waals surface area contributed by atoms with E-state index in [0.29, 0.717) is 30.7 Å². The molecular formula is C27H36F3N3O3. The van der Waals surface area contributed by atoms with Crippen LogP contribution in [0.2, 0.25) is 0 Å². The molecule has 6 nitrogen and oxygen atoms in total. The molecule has 2 saturated heterocycles. The molecule has 198 valence electrons. The van der Waals surface area contributed by atoms with Crippen molar-refractivity contribution < 1.29 is 27.5 Å². The van der Waals surface area contributed by atoms with Crippen LogP contribution < -0.4 is 15.8 Å². The van der Waals surface area contributed by atoms with Gasteiger partial charge in [-0.15, -0.1) is 13.2 Å². The van der Waals surface area contributed by atoms with Crippen LogP contribution in [-0.4, -0.2) is 47.2 Å². The summed E-state index contributed by atoms with van der Waals surface area (Å²) in [6.45, 7) is 0. The normalized spacial score (nSPS) is 28.4. The number of nitrogens with zero attached hydrogens (tertiary/aromatic N) is 1. The van der Waals surface area contributed by atoms with Crippen molar-refractivity contribution in [2.45, 2.75) is 113 Å². The molecule has 36 heavy (non-hydrogen) atoms. The summed E-state index contributed by atoms with van der Waals surface area (Å²) >= 11 is 0. The summed E-state index contributed by atoms with van der Waals surface area (Å²) in [5.41, 5.74) is 6.07. The van der Waals surface area contributed by atoms with Gasteiger partial charge in [0.05, 0.1) is 5.41 Å². The van der Waals surface area contributed by atoms with Crippen molar-refractivity contribution >= 4 is 11.8 Å². The fourth-order valence-corrected chi connectivity index (χ4v) is 6.78. The zero-order chi connectivity index (χ0) is 25.5. The first-order valence-corrected chi connectivity index (χ1v) is 13.4. The summed E-state index contributed by atoms with van der Waals surface area (Å²) in [4.78, 5) is 29.5. The van der Waals surface area contributed by atoms with Crippen molar-refractivity contribution in [1.82, 2.24) is 10.2 Å². The lowest BCUT2D eigenvalue weighted by molar-refractivity contribution is -0.274.